The van der Waals surface area contributed by atoms with Gasteiger partial charge in [0.2, 0.25) is 0 Å². The Hall–Kier alpha value is -3.44. The zero-order valence-electron chi connectivity index (χ0n) is 15.8. The normalized spacial score (nSPS) is 11.2. The number of hydrogen-bond donors (Lipinski definition) is 1. The Balaban J connectivity index is 1.66. The van der Waals surface area contributed by atoms with Crippen LogP contribution in [0.1, 0.15) is 11.1 Å². The third-order valence-corrected chi connectivity index (χ3v) is 5.32. The second kappa shape index (κ2) is 7.18. The first-order chi connectivity index (χ1) is 14.2. The molecule has 3 aromatic carbocycles. The standard InChI is InChI=1S/C23H18ClN5/c1-15-7-6-9-16(13-15)21-23-26-22(25-14-17-8-2-4-11-19(17)24)18-10-3-5-12-20(18)29(23)28-27-21/h2-13H,14H2,1H3,(H,25,26). The average Bonchev–Trinajstić information content (AvgIpc) is 3.17. The molecule has 29 heavy (non-hydrogen) atoms. The van der Waals surface area contributed by atoms with E-state index in [0.29, 0.717) is 6.54 Å². The van der Waals surface area contributed by atoms with Gasteiger partial charge in [-0.2, -0.15) is 4.52 Å². The van der Waals surface area contributed by atoms with Crippen molar-refractivity contribution in [1.29, 1.82) is 0 Å². The molecule has 0 aliphatic rings. The number of nitrogens with zero attached hydrogens (tertiary/aromatic N) is 4. The van der Waals surface area contributed by atoms with Crippen LogP contribution in [0, 0.1) is 6.92 Å². The van der Waals surface area contributed by atoms with Gasteiger partial charge < -0.3 is 5.32 Å². The van der Waals surface area contributed by atoms with Crippen molar-refractivity contribution in [2.45, 2.75) is 13.5 Å². The van der Waals surface area contributed by atoms with Crippen molar-refractivity contribution in [2.75, 3.05) is 5.32 Å². The third kappa shape index (κ3) is 3.19. The molecule has 0 atom stereocenters. The lowest BCUT2D eigenvalue weighted by atomic mass is 10.1. The molecule has 0 radical (unpaired) electrons. The van der Waals surface area contributed by atoms with Gasteiger partial charge in [0.05, 0.1) is 5.52 Å². The van der Waals surface area contributed by atoms with Gasteiger partial charge in [0.15, 0.2) is 5.65 Å². The predicted molar refractivity (Wildman–Crippen MR) is 117 cm³/mol. The Morgan fingerprint density at radius 2 is 1.79 bits per heavy atom. The third-order valence-electron chi connectivity index (χ3n) is 4.95. The molecule has 0 spiro atoms. The summed E-state index contributed by atoms with van der Waals surface area (Å²) in [6, 6.07) is 24.1. The van der Waals surface area contributed by atoms with Crippen LogP contribution in [0.5, 0.6) is 0 Å². The number of fused-ring (bicyclic) bond motifs is 3. The summed E-state index contributed by atoms with van der Waals surface area (Å²) in [6.45, 7) is 2.64. The molecule has 0 fully saturated rings. The highest BCUT2D eigenvalue weighted by molar-refractivity contribution is 6.31. The lowest BCUT2D eigenvalue weighted by Crippen LogP contribution is -2.05. The monoisotopic (exact) mass is 399 g/mol. The van der Waals surface area contributed by atoms with Gasteiger partial charge in [-0.3, -0.25) is 0 Å². The van der Waals surface area contributed by atoms with Crippen LogP contribution in [0.15, 0.2) is 72.8 Å². The summed E-state index contributed by atoms with van der Waals surface area (Å²) < 4.78 is 1.80. The maximum Gasteiger partial charge on any atom is 0.186 e. The Morgan fingerprint density at radius 3 is 2.66 bits per heavy atom. The van der Waals surface area contributed by atoms with Crippen LogP contribution >= 0.6 is 11.6 Å². The van der Waals surface area contributed by atoms with Crippen molar-refractivity contribution < 1.29 is 0 Å². The molecule has 6 heteroatoms. The van der Waals surface area contributed by atoms with Crippen molar-refractivity contribution in [3.05, 3.63) is 88.9 Å². The number of para-hydroxylation sites is 1. The van der Waals surface area contributed by atoms with Crippen molar-refractivity contribution in [3.8, 4) is 11.3 Å². The molecule has 1 N–H and O–H groups in total. The van der Waals surface area contributed by atoms with E-state index in [1.54, 1.807) is 4.52 Å². The predicted octanol–water partition coefficient (Wildman–Crippen LogP) is 5.52. The molecule has 0 aliphatic heterocycles. The van der Waals surface area contributed by atoms with Crippen LogP contribution in [0.3, 0.4) is 0 Å². The highest BCUT2D eigenvalue weighted by Crippen LogP contribution is 2.29. The number of benzene rings is 3. The van der Waals surface area contributed by atoms with Crippen LogP contribution in [0.25, 0.3) is 27.8 Å². The number of aryl methyl sites for hydroxylation is 1. The lowest BCUT2D eigenvalue weighted by Gasteiger charge is -2.11. The first-order valence-corrected chi connectivity index (χ1v) is 9.77. The molecule has 2 aromatic heterocycles. The molecule has 0 bridgehead atoms. The number of anilines is 1. The summed E-state index contributed by atoms with van der Waals surface area (Å²) in [5, 5.41) is 14.0. The maximum absolute atomic E-state index is 6.32. The summed E-state index contributed by atoms with van der Waals surface area (Å²) in [4.78, 5) is 4.90. The smallest absolute Gasteiger partial charge is 0.186 e. The van der Waals surface area contributed by atoms with Crippen LogP contribution < -0.4 is 5.32 Å². The van der Waals surface area contributed by atoms with Gasteiger partial charge >= 0.3 is 0 Å². The van der Waals surface area contributed by atoms with E-state index in [2.05, 4.69) is 34.7 Å². The molecule has 0 saturated heterocycles. The first-order valence-electron chi connectivity index (χ1n) is 9.39. The molecular formula is C23H18ClN5. The number of hydrogen-bond acceptors (Lipinski definition) is 4. The molecular weight excluding hydrogens is 382 g/mol. The number of nitrogens with one attached hydrogen (secondary N) is 1. The van der Waals surface area contributed by atoms with Gasteiger partial charge in [-0.15, -0.1) is 5.10 Å². The van der Waals surface area contributed by atoms with E-state index in [-0.39, 0.29) is 0 Å². The van der Waals surface area contributed by atoms with E-state index < -0.39 is 0 Å². The largest absolute Gasteiger partial charge is 0.365 e. The van der Waals surface area contributed by atoms with E-state index in [4.69, 9.17) is 16.6 Å². The topological polar surface area (TPSA) is 55.1 Å². The van der Waals surface area contributed by atoms with E-state index in [9.17, 15) is 0 Å². The molecule has 5 aromatic rings. The quantitative estimate of drug-likeness (QED) is 0.432. The maximum atomic E-state index is 6.32. The van der Waals surface area contributed by atoms with Gasteiger partial charge in [-0.25, -0.2) is 4.98 Å². The molecule has 5 nitrogen and oxygen atoms in total. The van der Waals surface area contributed by atoms with Gasteiger partial charge in [-0.1, -0.05) is 70.9 Å². The summed E-state index contributed by atoms with van der Waals surface area (Å²) in [5.74, 6) is 0.782. The van der Waals surface area contributed by atoms with E-state index in [1.165, 1.54) is 5.56 Å². The summed E-state index contributed by atoms with van der Waals surface area (Å²) in [7, 11) is 0. The minimum Gasteiger partial charge on any atom is -0.365 e. The minimum absolute atomic E-state index is 0.578. The fourth-order valence-electron chi connectivity index (χ4n) is 3.50. The average molecular weight is 400 g/mol. The Bertz CT molecular complexity index is 1340. The second-order valence-electron chi connectivity index (χ2n) is 6.97. The molecule has 5 rings (SSSR count). The van der Waals surface area contributed by atoms with Crippen molar-refractivity contribution in [1.82, 2.24) is 19.8 Å². The molecule has 0 aliphatic carbocycles. The van der Waals surface area contributed by atoms with E-state index in [0.717, 1.165) is 44.2 Å². The zero-order valence-corrected chi connectivity index (χ0v) is 16.6. The number of halogens is 1. The SMILES string of the molecule is Cc1cccc(-c2nnn3c2nc(NCc2ccccc2Cl)c2ccccc23)c1. The number of aromatic nitrogens is 4. The van der Waals surface area contributed by atoms with Crippen molar-refractivity contribution >= 4 is 34.0 Å². The Kier molecular flexibility index (Phi) is 4.37. The fraction of sp³-hybridized carbons (Fsp3) is 0.0870. The van der Waals surface area contributed by atoms with Gasteiger partial charge in [0, 0.05) is 22.5 Å². The molecule has 0 saturated carbocycles. The molecule has 2 heterocycles. The van der Waals surface area contributed by atoms with Crippen LogP contribution in [-0.4, -0.2) is 19.8 Å². The van der Waals surface area contributed by atoms with Gasteiger partial charge in [0.25, 0.3) is 0 Å². The first kappa shape index (κ1) is 17.6. The molecule has 0 unspecified atom stereocenters. The van der Waals surface area contributed by atoms with Crippen LogP contribution in [0.2, 0.25) is 5.02 Å². The van der Waals surface area contributed by atoms with Gasteiger partial charge in [-0.05, 0) is 36.8 Å². The van der Waals surface area contributed by atoms with Crippen molar-refractivity contribution in [3.63, 3.8) is 0 Å². The second-order valence-corrected chi connectivity index (χ2v) is 7.37. The Morgan fingerprint density at radius 1 is 0.966 bits per heavy atom. The van der Waals surface area contributed by atoms with E-state index in [1.807, 2.05) is 60.7 Å². The number of rotatable bonds is 4. The highest BCUT2D eigenvalue weighted by atomic mass is 35.5. The minimum atomic E-state index is 0.578. The Labute approximate surface area is 173 Å². The zero-order chi connectivity index (χ0) is 19.8. The van der Waals surface area contributed by atoms with Crippen LogP contribution in [0.4, 0.5) is 5.82 Å². The van der Waals surface area contributed by atoms with Crippen molar-refractivity contribution in [2.24, 2.45) is 0 Å². The van der Waals surface area contributed by atoms with Crippen LogP contribution in [-0.2, 0) is 6.54 Å². The lowest BCUT2D eigenvalue weighted by molar-refractivity contribution is 0.876. The summed E-state index contributed by atoms with van der Waals surface area (Å²) in [6.07, 6.45) is 0. The summed E-state index contributed by atoms with van der Waals surface area (Å²) >= 11 is 6.32. The van der Waals surface area contributed by atoms with E-state index >= 15 is 0 Å². The van der Waals surface area contributed by atoms with Gasteiger partial charge in [0.1, 0.15) is 11.5 Å². The summed E-state index contributed by atoms with van der Waals surface area (Å²) in [5.41, 5.74) is 5.62. The fourth-order valence-corrected chi connectivity index (χ4v) is 3.70. The molecule has 0 amide bonds. The molecule has 142 valence electrons. The highest BCUT2D eigenvalue weighted by Gasteiger charge is 2.16.